The zero-order valence-corrected chi connectivity index (χ0v) is 20.7. The lowest BCUT2D eigenvalue weighted by atomic mass is 10.1. The Hall–Kier alpha value is -0.860. The van der Waals surface area contributed by atoms with Crippen LogP contribution in [0.2, 0.25) is 0 Å². The second-order valence-electron chi connectivity index (χ2n) is 5.56. The van der Waals surface area contributed by atoms with Gasteiger partial charge in [-0.05, 0) is 44.1 Å². The van der Waals surface area contributed by atoms with Crippen molar-refractivity contribution >= 4 is 75.7 Å². The topological polar surface area (TPSA) is 108 Å². The Bertz CT molecular complexity index is 824. The number of benzene rings is 1. The van der Waals surface area contributed by atoms with Gasteiger partial charge in [-0.2, -0.15) is 0 Å². The summed E-state index contributed by atoms with van der Waals surface area (Å²) in [5.41, 5.74) is 0.0231. The lowest BCUT2D eigenvalue weighted by Crippen LogP contribution is -2.41. The number of carbonyl (C=O) groups excluding carboxylic acids is 2. The van der Waals surface area contributed by atoms with Crippen molar-refractivity contribution in [3.8, 4) is 11.5 Å². The zero-order valence-electron chi connectivity index (χ0n) is 14.7. The molecule has 0 spiro atoms. The maximum Gasteiger partial charge on any atom is 0.328 e. The monoisotopic (exact) mass is 652 g/mol. The Kier molecular flexibility index (Phi) is 8.58. The Balaban J connectivity index is 2.48. The second-order valence-corrected chi connectivity index (χ2v) is 23.1. The van der Waals surface area contributed by atoms with Crippen molar-refractivity contribution in [3.05, 3.63) is 40.0 Å². The summed E-state index contributed by atoms with van der Waals surface area (Å²) in [7, 11) is 2.59. The van der Waals surface area contributed by atoms with Crippen LogP contribution >= 0.6 is 58.2 Å². The number of likely N-dealkylation sites (tertiary alicyclic amines) is 1. The Morgan fingerprint density at radius 3 is 2.57 bits per heavy atom. The van der Waals surface area contributed by atoms with Gasteiger partial charge >= 0.3 is 5.97 Å². The van der Waals surface area contributed by atoms with Crippen molar-refractivity contribution in [2.75, 3.05) is 20.8 Å². The van der Waals surface area contributed by atoms with Crippen LogP contribution in [0.1, 0.15) is 16.8 Å². The molecule has 152 valence electrons. The van der Waals surface area contributed by atoms with E-state index in [0.29, 0.717) is 5.57 Å². The number of nitro groups is 1. The van der Waals surface area contributed by atoms with Gasteiger partial charge in [0.05, 0.1) is 25.2 Å². The fourth-order valence-corrected chi connectivity index (χ4v) is 4.80. The molecule has 1 saturated heterocycles. The molecule has 0 aromatic heterocycles. The number of esters is 1. The first-order valence-electron chi connectivity index (χ1n) is 7.57. The first-order chi connectivity index (χ1) is 13.2. The predicted molar refractivity (Wildman–Crippen MR) is 123 cm³/mol. The summed E-state index contributed by atoms with van der Waals surface area (Å²) in [6.45, 7) is 3.92. The molecular weight excluding hydrogens is 637 g/mol. The van der Waals surface area contributed by atoms with Crippen molar-refractivity contribution in [2.45, 2.75) is 12.5 Å². The second kappa shape index (κ2) is 10.3. The third-order valence-electron chi connectivity index (χ3n) is 3.88. The molecule has 9 nitrogen and oxygen atoms in total. The standard InChI is InChI=1S/C15H15I2N2O7PS/c1-8-4-11(15(21)25-3)18(7-8)14(20)9-5-12(24-2)13(26-28-27(16)17)6-10(9)19(22)23/h5-6,11H,1,4,7H2,2-3H3/t11-/m0/s1. The average Bonchev–Trinajstić information content (AvgIpc) is 3.05. The molecule has 0 saturated carbocycles. The third-order valence-corrected chi connectivity index (χ3v) is 7.70. The lowest BCUT2D eigenvalue weighted by Gasteiger charge is -2.22. The molecule has 28 heavy (non-hydrogen) atoms. The normalized spacial score (nSPS) is 16.2. The van der Waals surface area contributed by atoms with Crippen molar-refractivity contribution in [1.82, 2.24) is 4.90 Å². The van der Waals surface area contributed by atoms with Crippen LogP contribution in [-0.2, 0) is 9.53 Å². The number of rotatable bonds is 7. The van der Waals surface area contributed by atoms with E-state index >= 15 is 0 Å². The molecule has 1 aromatic carbocycles. The molecule has 1 aliphatic heterocycles. The van der Waals surface area contributed by atoms with Crippen molar-refractivity contribution in [1.29, 1.82) is 0 Å². The highest BCUT2D eigenvalue weighted by molar-refractivity contribution is 14.3. The Labute approximate surface area is 192 Å². The highest BCUT2D eigenvalue weighted by atomic mass is 127. The maximum absolute atomic E-state index is 13.1. The van der Waals surface area contributed by atoms with E-state index in [9.17, 15) is 19.7 Å². The number of carbonyl (C=O) groups is 2. The van der Waals surface area contributed by atoms with Gasteiger partial charge in [-0.3, -0.25) is 14.9 Å². The van der Waals surface area contributed by atoms with Crippen LogP contribution in [0, 0.1) is 10.1 Å². The van der Waals surface area contributed by atoms with Gasteiger partial charge in [-0.15, -0.1) is 0 Å². The molecule has 0 radical (unpaired) electrons. The SMILES string of the molecule is C=C1C[C@@H](C(=O)OC)N(C(=O)c2cc(OC)c(OSP(I)I)cc2[N+](=O)[O-])C1. The van der Waals surface area contributed by atoms with Crippen LogP contribution in [0.25, 0.3) is 0 Å². The van der Waals surface area contributed by atoms with Crippen LogP contribution in [-0.4, -0.2) is 48.5 Å². The predicted octanol–water partition coefficient (Wildman–Crippen LogP) is 4.67. The summed E-state index contributed by atoms with van der Waals surface area (Å²) in [6, 6.07) is 1.54. The fourth-order valence-electron chi connectivity index (χ4n) is 2.68. The van der Waals surface area contributed by atoms with Crippen molar-refractivity contribution in [2.24, 2.45) is 0 Å². The fraction of sp³-hybridized carbons (Fsp3) is 0.333. The van der Waals surface area contributed by atoms with E-state index in [1.807, 2.05) is 0 Å². The smallest absolute Gasteiger partial charge is 0.328 e. The van der Waals surface area contributed by atoms with Crippen LogP contribution in [0.3, 0.4) is 0 Å². The number of hydrogen-bond acceptors (Lipinski definition) is 8. The lowest BCUT2D eigenvalue weighted by molar-refractivity contribution is -0.385. The Morgan fingerprint density at radius 2 is 2.04 bits per heavy atom. The number of amides is 1. The number of halogens is 2. The van der Waals surface area contributed by atoms with Gasteiger partial charge in [0.15, 0.2) is 11.5 Å². The quantitative estimate of drug-likeness (QED) is 0.0796. The summed E-state index contributed by atoms with van der Waals surface area (Å²) < 4.78 is 15.0. The zero-order chi connectivity index (χ0) is 21.0. The van der Waals surface area contributed by atoms with E-state index in [-0.39, 0.29) is 30.0 Å². The summed E-state index contributed by atoms with van der Waals surface area (Å²) in [6.07, 6.45) is 0.246. The van der Waals surface area contributed by atoms with E-state index in [0.717, 1.165) is 17.7 Å². The van der Waals surface area contributed by atoms with Crippen molar-refractivity contribution < 1.29 is 28.2 Å². The van der Waals surface area contributed by atoms with Crippen molar-refractivity contribution in [3.63, 3.8) is 0 Å². The first kappa shape index (κ1) is 23.4. The molecule has 0 bridgehead atoms. The van der Waals surface area contributed by atoms with Gasteiger partial charge in [0, 0.05) is 19.0 Å². The van der Waals surface area contributed by atoms with Crippen LogP contribution in [0.15, 0.2) is 24.3 Å². The third kappa shape index (κ3) is 5.39. The van der Waals surface area contributed by atoms with Gasteiger partial charge < -0.3 is 18.6 Å². The highest BCUT2D eigenvalue weighted by Crippen LogP contribution is 2.65. The first-order valence-corrected chi connectivity index (χ1v) is 15.8. The molecule has 0 unspecified atom stereocenters. The molecule has 1 amide bonds. The molecule has 13 heteroatoms. The van der Waals surface area contributed by atoms with Gasteiger partial charge in [0.25, 0.3) is 11.6 Å². The van der Waals surface area contributed by atoms with Gasteiger partial charge in [-0.25, -0.2) is 4.79 Å². The van der Waals surface area contributed by atoms with Gasteiger partial charge in [-0.1, -0.05) is 12.2 Å². The number of ether oxygens (including phenoxy) is 2. The number of nitrogens with zero attached hydrogens (tertiary/aromatic N) is 2. The summed E-state index contributed by atoms with van der Waals surface area (Å²) in [5.74, 6) is -0.954. The number of methoxy groups -OCH3 is 2. The number of nitro benzene ring substituents is 1. The molecule has 1 heterocycles. The molecule has 1 aromatic rings. The Morgan fingerprint density at radius 1 is 1.36 bits per heavy atom. The molecule has 1 atom stereocenters. The number of hydrogen-bond donors (Lipinski definition) is 0. The molecule has 2 rings (SSSR count). The largest absolute Gasteiger partial charge is 0.493 e. The molecule has 1 aliphatic rings. The van der Waals surface area contributed by atoms with E-state index in [1.54, 1.807) is 0 Å². The summed E-state index contributed by atoms with van der Waals surface area (Å²) in [5, 5.41) is 11.6. The van der Waals surface area contributed by atoms with E-state index in [1.165, 1.54) is 25.2 Å². The minimum absolute atomic E-state index is 0.111. The average molecular weight is 652 g/mol. The van der Waals surface area contributed by atoms with Crippen LogP contribution in [0.4, 0.5) is 5.69 Å². The summed E-state index contributed by atoms with van der Waals surface area (Å²) >= 11 is 5.50. The highest BCUT2D eigenvalue weighted by Gasteiger charge is 2.39. The molecule has 1 fully saturated rings. The van der Waals surface area contributed by atoms with E-state index < -0.39 is 30.9 Å². The molecular formula is C15H15I2N2O7PS. The van der Waals surface area contributed by atoms with Crippen LogP contribution in [0.5, 0.6) is 11.5 Å². The van der Waals surface area contributed by atoms with Gasteiger partial charge in [0.2, 0.25) is 0 Å². The minimum Gasteiger partial charge on any atom is -0.493 e. The summed E-state index contributed by atoms with van der Waals surface area (Å²) in [4.78, 5) is 37.2. The minimum atomic E-state index is -0.872. The van der Waals surface area contributed by atoms with E-state index in [2.05, 4.69) is 50.7 Å². The van der Waals surface area contributed by atoms with E-state index in [4.69, 9.17) is 13.7 Å². The molecule has 0 aliphatic carbocycles. The van der Waals surface area contributed by atoms with Gasteiger partial charge in [0.1, 0.15) is 25.7 Å². The molecule has 0 N–H and O–H groups in total. The van der Waals surface area contributed by atoms with Crippen LogP contribution < -0.4 is 8.92 Å². The maximum atomic E-state index is 13.1.